The van der Waals surface area contributed by atoms with Gasteiger partial charge in [0.15, 0.2) is 0 Å². The molecule has 0 saturated carbocycles. The number of ether oxygens (including phenoxy) is 2. The third-order valence-electron chi connectivity index (χ3n) is 5.09. The Morgan fingerprint density at radius 1 is 1.16 bits per heavy atom. The van der Waals surface area contributed by atoms with E-state index >= 15 is 0 Å². The summed E-state index contributed by atoms with van der Waals surface area (Å²) in [5, 5.41) is 2.79. The van der Waals surface area contributed by atoms with Gasteiger partial charge in [-0.25, -0.2) is 4.98 Å². The first-order valence-electron chi connectivity index (χ1n) is 9.93. The molecule has 1 aliphatic rings. The van der Waals surface area contributed by atoms with Crippen LogP contribution < -0.4 is 19.7 Å². The molecule has 0 radical (unpaired) electrons. The predicted molar refractivity (Wildman–Crippen MR) is 116 cm³/mol. The van der Waals surface area contributed by atoms with E-state index in [-0.39, 0.29) is 17.5 Å². The van der Waals surface area contributed by atoms with Gasteiger partial charge in [-0.15, -0.1) is 0 Å². The fourth-order valence-electron chi connectivity index (χ4n) is 3.46. The summed E-state index contributed by atoms with van der Waals surface area (Å²) < 4.78 is 49.0. The van der Waals surface area contributed by atoms with Crippen molar-refractivity contribution in [3.05, 3.63) is 41.0 Å². The van der Waals surface area contributed by atoms with Gasteiger partial charge in [0.2, 0.25) is 5.91 Å². The number of nitrogens with one attached hydrogen (secondary N) is 1. The molecule has 1 fully saturated rings. The van der Waals surface area contributed by atoms with Crippen LogP contribution in [0.25, 0.3) is 0 Å². The van der Waals surface area contributed by atoms with Crippen molar-refractivity contribution in [3.63, 3.8) is 0 Å². The molecule has 1 aromatic heterocycles. The van der Waals surface area contributed by atoms with E-state index in [0.29, 0.717) is 55.6 Å². The van der Waals surface area contributed by atoms with Gasteiger partial charge in [0.25, 0.3) is 0 Å². The van der Waals surface area contributed by atoms with Crippen molar-refractivity contribution in [1.29, 1.82) is 0 Å². The van der Waals surface area contributed by atoms with Crippen molar-refractivity contribution in [1.82, 2.24) is 9.88 Å². The van der Waals surface area contributed by atoms with E-state index in [2.05, 4.69) is 10.3 Å². The van der Waals surface area contributed by atoms with E-state index in [1.54, 1.807) is 18.2 Å². The highest BCUT2D eigenvalue weighted by Gasteiger charge is 2.32. The smallest absolute Gasteiger partial charge is 0.417 e. The fraction of sp³-hybridized carbons (Fsp3) is 0.429. The number of halogens is 4. The van der Waals surface area contributed by atoms with Crippen LogP contribution in [-0.2, 0) is 11.0 Å². The van der Waals surface area contributed by atoms with Gasteiger partial charge >= 0.3 is 6.18 Å². The minimum Gasteiger partial charge on any atom is -0.497 e. The zero-order valence-electron chi connectivity index (χ0n) is 17.7. The van der Waals surface area contributed by atoms with Crippen molar-refractivity contribution in [2.24, 2.45) is 0 Å². The third-order valence-corrected chi connectivity index (χ3v) is 5.36. The number of anilines is 2. The van der Waals surface area contributed by atoms with Gasteiger partial charge in [0, 0.05) is 38.4 Å². The molecule has 0 unspecified atom stereocenters. The van der Waals surface area contributed by atoms with E-state index in [1.165, 1.54) is 14.2 Å². The van der Waals surface area contributed by atoms with Crippen LogP contribution in [0.2, 0.25) is 5.02 Å². The number of hydrogen-bond acceptors (Lipinski definition) is 6. The van der Waals surface area contributed by atoms with Crippen molar-refractivity contribution in [2.75, 3.05) is 57.2 Å². The molecule has 32 heavy (non-hydrogen) atoms. The second kappa shape index (κ2) is 10.3. The first-order chi connectivity index (χ1) is 15.2. The van der Waals surface area contributed by atoms with Crippen LogP contribution in [0.4, 0.5) is 24.7 Å². The fourth-order valence-corrected chi connectivity index (χ4v) is 3.75. The minimum atomic E-state index is -4.50. The quantitative estimate of drug-likeness (QED) is 0.687. The van der Waals surface area contributed by atoms with Crippen LogP contribution in [0.1, 0.15) is 12.0 Å². The summed E-state index contributed by atoms with van der Waals surface area (Å²) in [6, 6.07) is 6.01. The highest BCUT2D eigenvalue weighted by molar-refractivity contribution is 6.33. The van der Waals surface area contributed by atoms with Crippen LogP contribution in [-0.4, -0.2) is 62.7 Å². The molecule has 1 saturated heterocycles. The van der Waals surface area contributed by atoms with E-state index < -0.39 is 11.7 Å². The van der Waals surface area contributed by atoms with Gasteiger partial charge in [-0.05, 0) is 24.6 Å². The Hall–Kier alpha value is -2.72. The monoisotopic (exact) mass is 472 g/mol. The van der Waals surface area contributed by atoms with Gasteiger partial charge in [-0.3, -0.25) is 9.69 Å². The number of methoxy groups -OCH3 is 2. The second-order valence-electron chi connectivity index (χ2n) is 7.26. The zero-order valence-corrected chi connectivity index (χ0v) is 18.5. The molecule has 3 rings (SSSR count). The van der Waals surface area contributed by atoms with Crippen molar-refractivity contribution >= 4 is 29.0 Å². The molecule has 1 aromatic carbocycles. The number of carbonyl (C=O) groups is 1. The van der Waals surface area contributed by atoms with Crippen LogP contribution >= 0.6 is 11.6 Å². The molecule has 174 valence electrons. The lowest BCUT2D eigenvalue weighted by molar-refractivity contribution is -0.137. The molecule has 2 aromatic rings. The van der Waals surface area contributed by atoms with E-state index in [4.69, 9.17) is 21.1 Å². The van der Waals surface area contributed by atoms with E-state index in [1.807, 2.05) is 9.80 Å². The average Bonchev–Trinajstić information content (AvgIpc) is 2.98. The number of hydrogen-bond donors (Lipinski definition) is 1. The maximum Gasteiger partial charge on any atom is 0.417 e. The SMILES string of the molecule is COc1ccc(OC)c(NC(=O)CN2CCCN(c3ncc(C(F)(F)F)cc3Cl)CC2)c1. The highest BCUT2D eigenvalue weighted by Crippen LogP contribution is 2.34. The number of alkyl halides is 3. The van der Waals surface area contributed by atoms with E-state index in [9.17, 15) is 18.0 Å². The lowest BCUT2D eigenvalue weighted by Gasteiger charge is -2.24. The Labute approximate surface area is 189 Å². The van der Waals surface area contributed by atoms with Crippen molar-refractivity contribution in [3.8, 4) is 11.5 Å². The number of aromatic nitrogens is 1. The predicted octanol–water partition coefficient (Wildman–Crippen LogP) is 3.92. The molecule has 0 spiro atoms. The molecule has 2 heterocycles. The summed E-state index contributed by atoms with van der Waals surface area (Å²) in [6.45, 7) is 2.38. The molecule has 0 bridgehead atoms. The minimum absolute atomic E-state index is 0.0452. The van der Waals surface area contributed by atoms with Crippen LogP contribution in [0.5, 0.6) is 11.5 Å². The highest BCUT2D eigenvalue weighted by atomic mass is 35.5. The summed E-state index contributed by atoms with van der Waals surface area (Å²) in [5.74, 6) is 1.21. The molecular formula is C21H24ClF3N4O3. The van der Waals surface area contributed by atoms with Gasteiger partial charge in [0.05, 0.1) is 37.0 Å². The first kappa shape index (κ1) is 23.9. The topological polar surface area (TPSA) is 66.9 Å². The number of carbonyl (C=O) groups excluding carboxylic acids is 1. The molecule has 0 aliphatic carbocycles. The Balaban J connectivity index is 1.61. The Morgan fingerprint density at radius 2 is 1.94 bits per heavy atom. The standard InChI is InChI=1S/C21H24ClF3N4O3/c1-31-15-4-5-18(32-2)17(11-15)27-19(30)13-28-6-3-7-29(9-8-28)20-16(22)10-14(12-26-20)21(23,24)25/h4-5,10-12H,3,6-9,13H2,1-2H3,(H,27,30). The zero-order chi connectivity index (χ0) is 23.3. The summed E-state index contributed by atoms with van der Waals surface area (Å²) in [5.41, 5.74) is -0.374. The third kappa shape index (κ3) is 5.95. The van der Waals surface area contributed by atoms with Gasteiger partial charge in [-0.1, -0.05) is 11.6 Å². The molecular weight excluding hydrogens is 449 g/mol. The second-order valence-corrected chi connectivity index (χ2v) is 7.67. The molecule has 1 aliphatic heterocycles. The average molecular weight is 473 g/mol. The Morgan fingerprint density at radius 3 is 2.59 bits per heavy atom. The normalized spacial score (nSPS) is 15.2. The molecule has 0 atom stereocenters. The molecule has 11 heteroatoms. The van der Waals surface area contributed by atoms with E-state index in [0.717, 1.165) is 12.3 Å². The number of rotatable bonds is 6. The molecule has 1 amide bonds. The number of nitrogens with zero attached hydrogens (tertiary/aromatic N) is 3. The number of amides is 1. The van der Waals surface area contributed by atoms with Crippen LogP contribution in [0.3, 0.4) is 0 Å². The van der Waals surface area contributed by atoms with Gasteiger partial charge in [-0.2, -0.15) is 13.2 Å². The lowest BCUT2D eigenvalue weighted by atomic mass is 10.2. The van der Waals surface area contributed by atoms with Gasteiger partial charge < -0.3 is 19.7 Å². The molecule has 7 nitrogen and oxygen atoms in total. The van der Waals surface area contributed by atoms with Crippen LogP contribution in [0, 0.1) is 0 Å². The summed E-state index contributed by atoms with van der Waals surface area (Å²) >= 11 is 6.08. The summed E-state index contributed by atoms with van der Waals surface area (Å²) in [6.07, 6.45) is -3.00. The summed E-state index contributed by atoms with van der Waals surface area (Å²) in [7, 11) is 3.05. The Kier molecular flexibility index (Phi) is 7.68. The van der Waals surface area contributed by atoms with Gasteiger partial charge in [0.1, 0.15) is 17.3 Å². The van der Waals surface area contributed by atoms with Crippen molar-refractivity contribution < 1.29 is 27.4 Å². The number of benzene rings is 1. The maximum atomic E-state index is 12.9. The first-order valence-corrected chi connectivity index (χ1v) is 10.3. The molecule has 1 N–H and O–H groups in total. The van der Waals surface area contributed by atoms with Crippen molar-refractivity contribution in [2.45, 2.75) is 12.6 Å². The lowest BCUT2D eigenvalue weighted by Crippen LogP contribution is -2.36. The Bertz CT molecular complexity index is 958. The van der Waals surface area contributed by atoms with Crippen LogP contribution in [0.15, 0.2) is 30.5 Å². The summed E-state index contributed by atoms with van der Waals surface area (Å²) in [4.78, 5) is 20.3. The number of pyridine rings is 1. The maximum absolute atomic E-state index is 12.9. The largest absolute Gasteiger partial charge is 0.497 e.